The fraction of sp³-hybridized carbons (Fsp3) is 0.579. The molecule has 1 N–H and O–H groups in total. The van der Waals surface area contributed by atoms with Crippen LogP contribution in [0, 0.1) is 0 Å². The number of rotatable bonds is 7. The molecule has 0 aliphatic carbocycles. The molecule has 158 valence electrons. The highest BCUT2D eigenvalue weighted by Gasteiger charge is 2.38. The first kappa shape index (κ1) is 21.7. The zero-order valence-electron chi connectivity index (χ0n) is 16.3. The van der Waals surface area contributed by atoms with Crippen LogP contribution in [0.1, 0.15) is 26.2 Å². The highest BCUT2D eigenvalue weighted by Crippen LogP contribution is 2.25. The molecule has 3 heterocycles. The third-order valence-corrected chi connectivity index (χ3v) is 6.28. The van der Waals surface area contributed by atoms with Crippen molar-refractivity contribution < 1.29 is 19.1 Å². The quantitative estimate of drug-likeness (QED) is 0.700. The van der Waals surface area contributed by atoms with Gasteiger partial charge in [0.05, 0.1) is 22.6 Å². The van der Waals surface area contributed by atoms with E-state index in [0.29, 0.717) is 30.5 Å². The van der Waals surface area contributed by atoms with Gasteiger partial charge >= 0.3 is 6.09 Å². The molecule has 1 aromatic heterocycles. The van der Waals surface area contributed by atoms with Gasteiger partial charge in [-0.1, -0.05) is 18.5 Å². The zero-order chi connectivity index (χ0) is 20.8. The van der Waals surface area contributed by atoms with E-state index in [1.54, 1.807) is 12.1 Å². The predicted molar refractivity (Wildman–Crippen MR) is 112 cm³/mol. The average Bonchev–Trinajstić information content (AvgIpc) is 3.10. The van der Waals surface area contributed by atoms with Crippen molar-refractivity contribution in [3.8, 4) is 0 Å². The number of hydrogen-bond acceptors (Lipinski definition) is 6. The third-order valence-electron chi connectivity index (χ3n) is 5.14. The molecule has 0 bridgehead atoms. The minimum Gasteiger partial charge on any atom is -0.447 e. The highest BCUT2D eigenvalue weighted by atomic mass is 35.5. The molecule has 1 unspecified atom stereocenters. The number of thioether (sulfide) groups is 1. The number of carbonyl (C=O) groups is 3. The summed E-state index contributed by atoms with van der Waals surface area (Å²) in [7, 11) is 0. The zero-order valence-corrected chi connectivity index (χ0v) is 17.9. The van der Waals surface area contributed by atoms with Crippen LogP contribution in [0.3, 0.4) is 0 Å². The SMILES string of the molecule is CCC1COC(=O)N1C1CCN(C(=O)CSCC(=O)Nc2ccc(Cl)cn2)CC1. The number of halogens is 1. The number of carbonyl (C=O) groups excluding carboxylic acids is 3. The second kappa shape index (κ2) is 10.2. The summed E-state index contributed by atoms with van der Waals surface area (Å²) in [4.78, 5) is 44.0. The summed E-state index contributed by atoms with van der Waals surface area (Å²) in [6, 6.07) is 3.54. The molecule has 0 saturated carbocycles. The van der Waals surface area contributed by atoms with Crippen LogP contribution in [0.15, 0.2) is 18.3 Å². The van der Waals surface area contributed by atoms with Crippen molar-refractivity contribution in [3.05, 3.63) is 23.4 Å². The molecule has 0 radical (unpaired) electrons. The van der Waals surface area contributed by atoms with Gasteiger partial charge in [0.15, 0.2) is 0 Å². The molecule has 8 nitrogen and oxygen atoms in total. The standard InChI is InChI=1S/C19H25ClN4O4S/c1-2-14-10-28-19(27)24(14)15-5-7-23(8-6-15)18(26)12-29-11-17(25)22-16-4-3-13(20)9-21-16/h3-4,9,14-15H,2,5-8,10-12H2,1H3,(H,21,22,25). The normalized spacial score (nSPS) is 19.9. The van der Waals surface area contributed by atoms with Crippen molar-refractivity contribution in [1.82, 2.24) is 14.8 Å². The van der Waals surface area contributed by atoms with E-state index in [0.717, 1.165) is 19.3 Å². The molecule has 2 aliphatic rings. The van der Waals surface area contributed by atoms with Crippen LogP contribution < -0.4 is 5.32 Å². The van der Waals surface area contributed by atoms with Gasteiger partial charge in [-0.05, 0) is 31.4 Å². The van der Waals surface area contributed by atoms with Crippen molar-refractivity contribution in [2.75, 3.05) is 36.5 Å². The number of ether oxygens (including phenoxy) is 1. The van der Waals surface area contributed by atoms with E-state index in [1.165, 1.54) is 18.0 Å². The number of pyridine rings is 1. The maximum absolute atomic E-state index is 12.4. The molecule has 29 heavy (non-hydrogen) atoms. The van der Waals surface area contributed by atoms with Crippen molar-refractivity contribution in [1.29, 1.82) is 0 Å². The lowest BCUT2D eigenvalue weighted by molar-refractivity contribution is -0.129. The molecular weight excluding hydrogens is 416 g/mol. The smallest absolute Gasteiger partial charge is 0.410 e. The number of hydrogen-bond donors (Lipinski definition) is 1. The third kappa shape index (κ3) is 5.76. The monoisotopic (exact) mass is 440 g/mol. The van der Waals surface area contributed by atoms with Crippen LogP contribution >= 0.6 is 23.4 Å². The summed E-state index contributed by atoms with van der Waals surface area (Å²) in [6.45, 7) is 3.74. The number of nitrogens with zero attached hydrogens (tertiary/aromatic N) is 3. The Hall–Kier alpha value is -2.00. The number of aromatic nitrogens is 1. The van der Waals surface area contributed by atoms with E-state index in [4.69, 9.17) is 16.3 Å². The van der Waals surface area contributed by atoms with Crippen molar-refractivity contribution in [2.24, 2.45) is 0 Å². The summed E-state index contributed by atoms with van der Waals surface area (Å²) >= 11 is 7.04. The summed E-state index contributed by atoms with van der Waals surface area (Å²) in [5.74, 6) is 0.649. The number of nitrogens with one attached hydrogen (secondary N) is 1. The summed E-state index contributed by atoms with van der Waals surface area (Å²) in [5.41, 5.74) is 0. The molecule has 2 fully saturated rings. The highest BCUT2D eigenvalue weighted by molar-refractivity contribution is 8.00. The van der Waals surface area contributed by atoms with Gasteiger partial charge in [-0.25, -0.2) is 9.78 Å². The molecule has 1 aromatic rings. The largest absolute Gasteiger partial charge is 0.447 e. The topological polar surface area (TPSA) is 91.8 Å². The summed E-state index contributed by atoms with van der Waals surface area (Å²) < 4.78 is 5.17. The van der Waals surface area contributed by atoms with Gasteiger partial charge in [0, 0.05) is 25.3 Å². The Morgan fingerprint density at radius 1 is 1.31 bits per heavy atom. The maximum Gasteiger partial charge on any atom is 0.410 e. The number of piperidine rings is 1. The molecule has 2 aliphatic heterocycles. The van der Waals surface area contributed by atoms with Gasteiger partial charge in [0.25, 0.3) is 0 Å². The molecule has 0 spiro atoms. The lowest BCUT2D eigenvalue weighted by Gasteiger charge is -2.37. The number of amides is 3. The van der Waals surface area contributed by atoms with Crippen LogP contribution in [-0.4, -0.2) is 76.0 Å². The van der Waals surface area contributed by atoms with Crippen LogP contribution in [-0.2, 0) is 14.3 Å². The molecular formula is C19H25ClN4O4S. The average molecular weight is 441 g/mol. The van der Waals surface area contributed by atoms with Crippen LogP contribution in [0.25, 0.3) is 0 Å². The Balaban J connectivity index is 1.37. The van der Waals surface area contributed by atoms with Gasteiger partial charge in [0.1, 0.15) is 12.4 Å². The van der Waals surface area contributed by atoms with Gasteiger partial charge < -0.3 is 15.0 Å². The second-order valence-corrected chi connectivity index (χ2v) is 8.48. The van der Waals surface area contributed by atoms with Crippen molar-refractivity contribution in [2.45, 2.75) is 38.3 Å². The molecule has 3 amide bonds. The minimum atomic E-state index is -0.238. The van der Waals surface area contributed by atoms with Crippen LogP contribution in [0.2, 0.25) is 5.02 Å². The first-order valence-corrected chi connectivity index (χ1v) is 11.2. The predicted octanol–water partition coefficient (Wildman–Crippen LogP) is 2.63. The maximum atomic E-state index is 12.4. The van der Waals surface area contributed by atoms with Crippen molar-refractivity contribution in [3.63, 3.8) is 0 Å². The van der Waals surface area contributed by atoms with Gasteiger partial charge in [-0.15, -0.1) is 11.8 Å². The van der Waals surface area contributed by atoms with E-state index in [-0.39, 0.29) is 41.5 Å². The fourth-order valence-electron chi connectivity index (χ4n) is 3.58. The van der Waals surface area contributed by atoms with E-state index in [1.807, 2.05) is 9.80 Å². The van der Waals surface area contributed by atoms with Gasteiger partial charge in [-0.2, -0.15) is 0 Å². The number of anilines is 1. The lowest BCUT2D eigenvalue weighted by Crippen LogP contribution is -2.50. The Bertz CT molecular complexity index is 740. The van der Waals surface area contributed by atoms with E-state index >= 15 is 0 Å². The van der Waals surface area contributed by atoms with E-state index in [2.05, 4.69) is 17.2 Å². The van der Waals surface area contributed by atoms with E-state index in [9.17, 15) is 14.4 Å². The molecule has 3 rings (SSSR count). The Labute approximate surface area is 179 Å². The first-order chi connectivity index (χ1) is 14.0. The van der Waals surface area contributed by atoms with Crippen LogP contribution in [0.5, 0.6) is 0 Å². The Kier molecular flexibility index (Phi) is 7.60. The number of likely N-dealkylation sites (tertiary alicyclic amines) is 1. The van der Waals surface area contributed by atoms with Gasteiger partial charge in [-0.3, -0.25) is 14.5 Å². The van der Waals surface area contributed by atoms with Gasteiger partial charge in [0.2, 0.25) is 11.8 Å². The molecule has 1 atom stereocenters. The number of cyclic esters (lactones) is 1. The summed E-state index contributed by atoms with van der Waals surface area (Å²) in [6.07, 6.45) is 3.60. The van der Waals surface area contributed by atoms with Crippen LogP contribution in [0.4, 0.5) is 10.6 Å². The fourth-order valence-corrected chi connectivity index (χ4v) is 4.41. The lowest BCUT2D eigenvalue weighted by atomic mass is 10.0. The molecule has 0 aromatic carbocycles. The first-order valence-electron chi connectivity index (χ1n) is 9.70. The molecule has 10 heteroatoms. The summed E-state index contributed by atoms with van der Waals surface area (Å²) in [5, 5.41) is 3.17. The molecule has 2 saturated heterocycles. The van der Waals surface area contributed by atoms with E-state index < -0.39 is 0 Å². The Morgan fingerprint density at radius 3 is 2.72 bits per heavy atom. The minimum absolute atomic E-state index is 0.0157. The Morgan fingerprint density at radius 2 is 2.07 bits per heavy atom. The second-order valence-electron chi connectivity index (χ2n) is 7.06. The van der Waals surface area contributed by atoms with Crippen molar-refractivity contribution >= 4 is 47.1 Å².